The van der Waals surface area contributed by atoms with Crippen molar-refractivity contribution >= 4 is 18.0 Å². The van der Waals surface area contributed by atoms with Gasteiger partial charge in [-0.05, 0) is 26.0 Å². The minimum Gasteiger partial charge on any atom is -0.469 e. The number of benzene rings is 1. The highest BCUT2D eigenvalue weighted by Crippen LogP contribution is 2.36. The maximum atomic E-state index is 12.2. The van der Waals surface area contributed by atoms with Crippen LogP contribution >= 0.6 is 0 Å². The molecule has 0 aromatic heterocycles. The van der Waals surface area contributed by atoms with Crippen molar-refractivity contribution in [3.8, 4) is 0 Å². The molecule has 1 heterocycles. The fraction of sp³-hybridized carbons (Fsp3) is 0.500. The number of amides is 1. The van der Waals surface area contributed by atoms with Crippen LogP contribution in [-0.4, -0.2) is 55.8 Å². The van der Waals surface area contributed by atoms with Gasteiger partial charge in [-0.2, -0.15) is 0 Å². The van der Waals surface area contributed by atoms with Gasteiger partial charge in [0.25, 0.3) is 0 Å². The van der Waals surface area contributed by atoms with Crippen molar-refractivity contribution in [2.75, 3.05) is 20.8 Å². The van der Waals surface area contributed by atoms with Crippen LogP contribution in [0.25, 0.3) is 0 Å². The Morgan fingerprint density at radius 3 is 2.28 bits per heavy atom. The van der Waals surface area contributed by atoms with Gasteiger partial charge in [0.05, 0.1) is 37.8 Å². The highest BCUT2D eigenvalue weighted by molar-refractivity contribution is 5.89. The number of ether oxygens (including phenoxy) is 3. The second kappa shape index (κ2) is 7.55. The predicted molar refractivity (Wildman–Crippen MR) is 89.0 cm³/mol. The Kier molecular flexibility index (Phi) is 5.66. The molecule has 0 bridgehead atoms. The third-order valence-corrected chi connectivity index (χ3v) is 4.50. The number of methoxy groups -OCH3 is 2. The Morgan fingerprint density at radius 1 is 1.08 bits per heavy atom. The van der Waals surface area contributed by atoms with E-state index < -0.39 is 35.6 Å². The molecule has 2 rings (SSSR count). The third kappa shape index (κ3) is 3.92. The lowest BCUT2D eigenvalue weighted by Gasteiger charge is -2.34. The SMILES string of the molecule is COC(=O)N1C[C@H](OC(=O)c2ccccc2)C[C@H]1C(C)(C)C(=O)OC. The normalized spacial score (nSPS) is 20.1. The number of likely N-dealkylation sites (tertiary alicyclic amines) is 1. The maximum absolute atomic E-state index is 12.2. The van der Waals surface area contributed by atoms with Crippen molar-refractivity contribution in [3.63, 3.8) is 0 Å². The summed E-state index contributed by atoms with van der Waals surface area (Å²) in [5, 5.41) is 0. The third-order valence-electron chi connectivity index (χ3n) is 4.50. The summed E-state index contributed by atoms with van der Waals surface area (Å²) in [7, 11) is 2.57. The topological polar surface area (TPSA) is 82.1 Å². The molecular weight excluding hydrogens is 326 g/mol. The Morgan fingerprint density at radius 2 is 1.72 bits per heavy atom. The highest BCUT2D eigenvalue weighted by Gasteiger charge is 2.49. The van der Waals surface area contributed by atoms with E-state index in [2.05, 4.69) is 0 Å². The van der Waals surface area contributed by atoms with Crippen LogP contribution in [0.1, 0.15) is 30.6 Å². The number of rotatable bonds is 4. The van der Waals surface area contributed by atoms with E-state index in [1.165, 1.54) is 19.1 Å². The quantitative estimate of drug-likeness (QED) is 0.612. The highest BCUT2D eigenvalue weighted by atomic mass is 16.6. The molecule has 1 fully saturated rings. The van der Waals surface area contributed by atoms with Crippen molar-refractivity contribution in [3.05, 3.63) is 35.9 Å². The zero-order valence-corrected chi connectivity index (χ0v) is 14.9. The molecule has 7 nitrogen and oxygen atoms in total. The molecular formula is C18H23NO6. The van der Waals surface area contributed by atoms with Gasteiger partial charge in [-0.25, -0.2) is 9.59 Å². The summed E-state index contributed by atoms with van der Waals surface area (Å²) in [6, 6.07) is 8.11. The zero-order chi connectivity index (χ0) is 18.6. The van der Waals surface area contributed by atoms with Crippen LogP contribution in [0.2, 0.25) is 0 Å². The molecule has 1 aliphatic heterocycles. The minimum absolute atomic E-state index is 0.163. The average Bonchev–Trinajstić information content (AvgIpc) is 3.05. The fourth-order valence-corrected chi connectivity index (χ4v) is 3.08. The summed E-state index contributed by atoms with van der Waals surface area (Å²) in [6.45, 7) is 3.55. The van der Waals surface area contributed by atoms with Crippen molar-refractivity contribution in [1.82, 2.24) is 4.90 Å². The summed E-state index contributed by atoms with van der Waals surface area (Å²) < 4.78 is 15.2. The molecule has 1 aliphatic rings. The van der Waals surface area contributed by atoms with Crippen LogP contribution in [-0.2, 0) is 19.0 Å². The van der Waals surface area contributed by atoms with E-state index in [0.717, 1.165) is 0 Å². The Bertz CT molecular complexity index is 642. The van der Waals surface area contributed by atoms with E-state index in [1.54, 1.807) is 44.2 Å². The molecule has 0 aliphatic carbocycles. The Balaban J connectivity index is 2.17. The number of hydrogen-bond donors (Lipinski definition) is 0. The van der Waals surface area contributed by atoms with E-state index in [1.807, 2.05) is 0 Å². The first-order valence-corrected chi connectivity index (χ1v) is 8.00. The lowest BCUT2D eigenvalue weighted by molar-refractivity contribution is -0.153. The van der Waals surface area contributed by atoms with Crippen LogP contribution in [0.4, 0.5) is 4.79 Å². The molecule has 1 aromatic rings. The molecule has 0 saturated carbocycles. The summed E-state index contributed by atoms with van der Waals surface area (Å²) in [6.07, 6.45) is -0.767. The van der Waals surface area contributed by atoms with Gasteiger partial charge in [0.1, 0.15) is 6.10 Å². The molecule has 2 atom stereocenters. The molecule has 1 amide bonds. The van der Waals surface area contributed by atoms with Gasteiger partial charge in [0.2, 0.25) is 0 Å². The second-order valence-corrected chi connectivity index (χ2v) is 6.48. The smallest absolute Gasteiger partial charge is 0.409 e. The zero-order valence-electron chi connectivity index (χ0n) is 14.9. The lowest BCUT2D eigenvalue weighted by atomic mass is 9.82. The largest absolute Gasteiger partial charge is 0.469 e. The number of carbonyl (C=O) groups is 3. The first-order chi connectivity index (χ1) is 11.8. The van der Waals surface area contributed by atoms with Gasteiger partial charge in [-0.3, -0.25) is 4.79 Å². The summed E-state index contributed by atoms with van der Waals surface area (Å²) in [5.41, 5.74) is -0.528. The number of carbonyl (C=O) groups excluding carboxylic acids is 3. The monoisotopic (exact) mass is 349 g/mol. The average molecular weight is 349 g/mol. The minimum atomic E-state index is -0.961. The summed E-state index contributed by atoms with van der Waals surface area (Å²) in [5.74, 6) is -0.909. The van der Waals surface area contributed by atoms with Gasteiger partial charge >= 0.3 is 18.0 Å². The van der Waals surface area contributed by atoms with E-state index in [9.17, 15) is 14.4 Å². The van der Waals surface area contributed by atoms with E-state index in [-0.39, 0.29) is 6.54 Å². The van der Waals surface area contributed by atoms with E-state index in [4.69, 9.17) is 14.2 Å². The first kappa shape index (κ1) is 18.8. The van der Waals surface area contributed by atoms with Crippen LogP contribution < -0.4 is 0 Å². The summed E-state index contributed by atoms with van der Waals surface area (Å²) in [4.78, 5) is 37.9. The van der Waals surface area contributed by atoms with Gasteiger partial charge in [-0.1, -0.05) is 18.2 Å². The number of nitrogens with zero attached hydrogens (tertiary/aromatic N) is 1. The molecule has 0 N–H and O–H groups in total. The van der Waals surface area contributed by atoms with Crippen LogP contribution in [0, 0.1) is 5.41 Å². The number of hydrogen-bond acceptors (Lipinski definition) is 6. The predicted octanol–water partition coefficient (Wildman–Crippen LogP) is 2.25. The van der Waals surface area contributed by atoms with E-state index in [0.29, 0.717) is 12.0 Å². The standard InChI is InChI=1S/C18H23NO6/c1-18(2,16(21)23-3)14-10-13(11-19(14)17(22)24-4)25-15(20)12-8-6-5-7-9-12/h5-9,13-14H,10-11H2,1-4H3/t13-,14+/m1/s1. The second-order valence-electron chi connectivity index (χ2n) is 6.48. The Hall–Kier alpha value is -2.57. The maximum Gasteiger partial charge on any atom is 0.409 e. The molecule has 1 aromatic carbocycles. The van der Waals surface area contributed by atoms with Gasteiger partial charge in [-0.15, -0.1) is 0 Å². The Labute approximate surface area is 146 Å². The van der Waals surface area contributed by atoms with Gasteiger partial charge in [0.15, 0.2) is 0 Å². The van der Waals surface area contributed by atoms with E-state index >= 15 is 0 Å². The van der Waals surface area contributed by atoms with Crippen LogP contribution in [0.5, 0.6) is 0 Å². The van der Waals surface area contributed by atoms with Crippen molar-refractivity contribution in [1.29, 1.82) is 0 Å². The molecule has 7 heteroatoms. The molecule has 0 radical (unpaired) electrons. The van der Waals surface area contributed by atoms with Crippen molar-refractivity contribution in [2.24, 2.45) is 5.41 Å². The van der Waals surface area contributed by atoms with Gasteiger partial charge in [0, 0.05) is 6.42 Å². The fourth-order valence-electron chi connectivity index (χ4n) is 3.08. The molecule has 0 unspecified atom stereocenters. The van der Waals surface area contributed by atoms with Crippen molar-refractivity contribution in [2.45, 2.75) is 32.4 Å². The molecule has 136 valence electrons. The molecule has 1 saturated heterocycles. The van der Waals surface area contributed by atoms with Crippen LogP contribution in [0.15, 0.2) is 30.3 Å². The lowest BCUT2D eigenvalue weighted by Crippen LogP contribution is -2.48. The molecule has 25 heavy (non-hydrogen) atoms. The first-order valence-electron chi connectivity index (χ1n) is 8.00. The van der Waals surface area contributed by atoms with Crippen LogP contribution in [0.3, 0.4) is 0 Å². The van der Waals surface area contributed by atoms with Gasteiger partial charge < -0.3 is 19.1 Å². The molecule has 0 spiro atoms. The number of esters is 2. The van der Waals surface area contributed by atoms with Crippen molar-refractivity contribution < 1.29 is 28.6 Å². The summed E-state index contributed by atoms with van der Waals surface area (Å²) >= 11 is 0.